The van der Waals surface area contributed by atoms with Gasteiger partial charge in [-0.05, 0) is 56.7 Å². The van der Waals surface area contributed by atoms with E-state index >= 15 is 0 Å². The number of amides is 2. The van der Waals surface area contributed by atoms with E-state index in [4.69, 9.17) is 5.73 Å². The van der Waals surface area contributed by atoms with Crippen molar-refractivity contribution in [1.82, 2.24) is 4.90 Å². The van der Waals surface area contributed by atoms with Crippen molar-refractivity contribution in [3.05, 3.63) is 29.8 Å². The minimum Gasteiger partial charge on any atom is -0.339 e. The molecule has 5 heteroatoms. The summed E-state index contributed by atoms with van der Waals surface area (Å²) in [5.41, 5.74) is 7.35. The largest absolute Gasteiger partial charge is 0.339 e. The topological polar surface area (TPSA) is 75.4 Å². The zero-order valence-electron chi connectivity index (χ0n) is 15.7. The highest BCUT2D eigenvalue weighted by Crippen LogP contribution is 2.26. The predicted octanol–water partition coefficient (Wildman–Crippen LogP) is 3.40. The van der Waals surface area contributed by atoms with Gasteiger partial charge in [-0.3, -0.25) is 9.59 Å². The molecular formula is C21H31N3O2. The van der Waals surface area contributed by atoms with E-state index in [9.17, 15) is 9.59 Å². The molecule has 1 atom stereocenters. The molecule has 5 nitrogen and oxygen atoms in total. The highest BCUT2D eigenvalue weighted by atomic mass is 16.2. The Hall–Kier alpha value is -1.88. The summed E-state index contributed by atoms with van der Waals surface area (Å²) in [6, 6.07) is 7.53. The van der Waals surface area contributed by atoms with Gasteiger partial charge in [-0.25, -0.2) is 0 Å². The first kappa shape index (κ1) is 18.9. The van der Waals surface area contributed by atoms with Crippen LogP contribution in [-0.2, 0) is 4.79 Å². The first-order valence-corrected chi connectivity index (χ1v) is 10.0. The SMILES string of the molecule is CC(N)C1CCN(C(=O)c2cccc(NC(=O)C3CCCCC3)c2)CC1. The minimum atomic E-state index is 0.0434. The van der Waals surface area contributed by atoms with E-state index in [-0.39, 0.29) is 23.8 Å². The van der Waals surface area contributed by atoms with Crippen LogP contribution in [0.4, 0.5) is 5.69 Å². The molecule has 1 aromatic rings. The number of likely N-dealkylation sites (tertiary alicyclic amines) is 1. The highest BCUT2D eigenvalue weighted by Gasteiger charge is 2.26. The zero-order valence-corrected chi connectivity index (χ0v) is 15.7. The van der Waals surface area contributed by atoms with Crippen molar-refractivity contribution in [2.24, 2.45) is 17.6 Å². The fraction of sp³-hybridized carbons (Fsp3) is 0.619. The lowest BCUT2D eigenvalue weighted by atomic mass is 9.88. The summed E-state index contributed by atoms with van der Waals surface area (Å²) in [5, 5.41) is 3.01. The number of benzene rings is 1. The van der Waals surface area contributed by atoms with Gasteiger partial charge in [0, 0.05) is 36.3 Å². The number of hydrogen-bond donors (Lipinski definition) is 2. The number of carbonyl (C=O) groups excluding carboxylic acids is 2. The van der Waals surface area contributed by atoms with Crippen LogP contribution in [0.5, 0.6) is 0 Å². The number of rotatable bonds is 4. The Kier molecular flexibility index (Phi) is 6.30. The van der Waals surface area contributed by atoms with Crippen molar-refractivity contribution < 1.29 is 9.59 Å². The normalized spacial score (nSPS) is 20.6. The van der Waals surface area contributed by atoms with Crippen molar-refractivity contribution >= 4 is 17.5 Å². The van der Waals surface area contributed by atoms with Crippen LogP contribution in [0.3, 0.4) is 0 Å². The van der Waals surface area contributed by atoms with Gasteiger partial charge in [0.25, 0.3) is 5.91 Å². The number of carbonyl (C=O) groups is 2. The molecule has 2 fully saturated rings. The lowest BCUT2D eigenvalue weighted by molar-refractivity contribution is -0.120. The highest BCUT2D eigenvalue weighted by molar-refractivity contribution is 5.97. The summed E-state index contributed by atoms with van der Waals surface area (Å²) in [7, 11) is 0. The Morgan fingerprint density at radius 3 is 2.46 bits per heavy atom. The molecule has 0 radical (unpaired) electrons. The fourth-order valence-corrected chi connectivity index (χ4v) is 4.15. The second kappa shape index (κ2) is 8.67. The molecule has 1 unspecified atom stereocenters. The van der Waals surface area contributed by atoms with Crippen LogP contribution >= 0.6 is 0 Å². The fourth-order valence-electron chi connectivity index (χ4n) is 4.15. The van der Waals surface area contributed by atoms with Gasteiger partial charge in [-0.15, -0.1) is 0 Å². The van der Waals surface area contributed by atoms with Gasteiger partial charge in [0.1, 0.15) is 0 Å². The van der Waals surface area contributed by atoms with Crippen LogP contribution in [0.15, 0.2) is 24.3 Å². The lowest BCUT2D eigenvalue weighted by Gasteiger charge is -2.33. The van der Waals surface area contributed by atoms with E-state index in [0.717, 1.165) is 57.3 Å². The van der Waals surface area contributed by atoms with E-state index in [1.165, 1.54) is 6.42 Å². The molecule has 1 aromatic carbocycles. The monoisotopic (exact) mass is 357 g/mol. The maximum Gasteiger partial charge on any atom is 0.253 e. The van der Waals surface area contributed by atoms with Crippen molar-refractivity contribution in [1.29, 1.82) is 0 Å². The third-order valence-corrected chi connectivity index (χ3v) is 5.92. The number of nitrogens with one attached hydrogen (secondary N) is 1. The molecule has 1 saturated carbocycles. The van der Waals surface area contributed by atoms with E-state index in [2.05, 4.69) is 5.32 Å². The summed E-state index contributed by atoms with van der Waals surface area (Å²) in [5.74, 6) is 0.745. The summed E-state index contributed by atoms with van der Waals surface area (Å²) in [6.45, 7) is 3.55. The first-order valence-electron chi connectivity index (χ1n) is 10.0. The average Bonchev–Trinajstić information content (AvgIpc) is 2.68. The Labute approximate surface area is 156 Å². The summed E-state index contributed by atoms with van der Waals surface area (Å²) >= 11 is 0. The van der Waals surface area contributed by atoms with Crippen molar-refractivity contribution in [3.8, 4) is 0 Å². The second-order valence-corrected chi connectivity index (χ2v) is 7.89. The molecule has 0 bridgehead atoms. The van der Waals surface area contributed by atoms with Crippen molar-refractivity contribution in [3.63, 3.8) is 0 Å². The van der Waals surface area contributed by atoms with E-state index in [1.807, 2.05) is 30.0 Å². The van der Waals surface area contributed by atoms with Crippen LogP contribution in [0.1, 0.15) is 62.2 Å². The van der Waals surface area contributed by atoms with Crippen LogP contribution in [0.2, 0.25) is 0 Å². The summed E-state index contributed by atoms with van der Waals surface area (Å²) < 4.78 is 0. The third kappa shape index (κ3) is 4.64. The molecule has 142 valence electrons. The van der Waals surface area contributed by atoms with Crippen LogP contribution < -0.4 is 11.1 Å². The smallest absolute Gasteiger partial charge is 0.253 e. The molecule has 1 aliphatic heterocycles. The average molecular weight is 357 g/mol. The number of piperidine rings is 1. The van der Waals surface area contributed by atoms with Crippen LogP contribution in [-0.4, -0.2) is 35.8 Å². The Balaban J connectivity index is 1.60. The molecular weight excluding hydrogens is 326 g/mol. The molecule has 0 aromatic heterocycles. The molecule has 2 amide bonds. The maximum absolute atomic E-state index is 12.8. The molecule has 3 N–H and O–H groups in total. The van der Waals surface area contributed by atoms with Crippen LogP contribution in [0.25, 0.3) is 0 Å². The molecule has 0 spiro atoms. The summed E-state index contributed by atoms with van der Waals surface area (Å²) in [4.78, 5) is 27.1. The zero-order chi connectivity index (χ0) is 18.5. The molecule has 2 aliphatic rings. The number of nitrogens with zero attached hydrogens (tertiary/aromatic N) is 1. The third-order valence-electron chi connectivity index (χ3n) is 5.92. The second-order valence-electron chi connectivity index (χ2n) is 7.89. The van der Waals surface area contributed by atoms with Gasteiger partial charge in [-0.2, -0.15) is 0 Å². The van der Waals surface area contributed by atoms with Crippen LogP contribution in [0, 0.1) is 11.8 Å². The van der Waals surface area contributed by atoms with E-state index < -0.39 is 0 Å². The number of anilines is 1. The van der Waals surface area contributed by atoms with Gasteiger partial charge in [0.15, 0.2) is 0 Å². The van der Waals surface area contributed by atoms with Gasteiger partial charge in [-0.1, -0.05) is 25.3 Å². The van der Waals surface area contributed by atoms with Gasteiger partial charge in [0.2, 0.25) is 5.91 Å². The standard InChI is InChI=1S/C21H31N3O2/c1-15(22)16-10-12-24(13-11-16)21(26)18-8-5-9-19(14-18)23-20(25)17-6-3-2-4-7-17/h5,8-9,14-17H,2-4,6-7,10-13,22H2,1H3,(H,23,25). The number of nitrogens with two attached hydrogens (primary N) is 1. The molecule has 26 heavy (non-hydrogen) atoms. The minimum absolute atomic E-state index is 0.0434. The van der Waals surface area contributed by atoms with E-state index in [1.54, 1.807) is 6.07 Å². The quantitative estimate of drug-likeness (QED) is 0.867. The van der Waals surface area contributed by atoms with E-state index in [0.29, 0.717) is 11.5 Å². The Morgan fingerprint density at radius 1 is 1.12 bits per heavy atom. The predicted molar refractivity (Wildman–Crippen MR) is 104 cm³/mol. The Bertz CT molecular complexity index is 630. The molecule has 3 rings (SSSR count). The van der Waals surface area contributed by atoms with Crippen molar-refractivity contribution in [2.75, 3.05) is 18.4 Å². The molecule has 1 saturated heterocycles. The Morgan fingerprint density at radius 2 is 1.81 bits per heavy atom. The van der Waals surface area contributed by atoms with Gasteiger partial charge < -0.3 is 16.0 Å². The van der Waals surface area contributed by atoms with Crippen molar-refractivity contribution in [2.45, 2.75) is 57.9 Å². The summed E-state index contributed by atoms with van der Waals surface area (Å²) in [6.07, 6.45) is 7.36. The van der Waals surface area contributed by atoms with Gasteiger partial charge in [0.05, 0.1) is 0 Å². The molecule has 1 aliphatic carbocycles. The van der Waals surface area contributed by atoms with Gasteiger partial charge >= 0.3 is 0 Å². The molecule has 1 heterocycles. The maximum atomic E-state index is 12.8. The lowest BCUT2D eigenvalue weighted by Crippen LogP contribution is -2.42. The number of hydrogen-bond acceptors (Lipinski definition) is 3. The first-order chi connectivity index (χ1) is 12.5.